The summed E-state index contributed by atoms with van der Waals surface area (Å²) >= 11 is 1.30. The fourth-order valence-corrected chi connectivity index (χ4v) is 2.79. The van der Waals surface area contributed by atoms with Crippen LogP contribution >= 0.6 is 11.8 Å². The van der Waals surface area contributed by atoms with Crippen LogP contribution in [-0.2, 0) is 4.79 Å². The van der Waals surface area contributed by atoms with E-state index < -0.39 is 0 Å². The monoisotopic (exact) mass is 326 g/mol. The third-order valence-electron chi connectivity index (χ3n) is 3.57. The van der Waals surface area contributed by atoms with Gasteiger partial charge in [0.05, 0.1) is 16.5 Å². The molecule has 0 bridgehead atoms. The summed E-state index contributed by atoms with van der Waals surface area (Å²) in [5, 5.41) is 12.1. The number of aryl methyl sites for hydroxylation is 2. The lowest BCUT2D eigenvalue weighted by Crippen LogP contribution is -2.23. The number of para-hydroxylation sites is 1. The number of rotatable bonds is 4. The molecule has 2 aromatic rings. The van der Waals surface area contributed by atoms with Gasteiger partial charge < -0.3 is 5.32 Å². The number of aromatic nitrogens is 2. The SMILES string of the molecule is Cc1nc(S[C@H](C)C(=O)Nc2ccccc2C#N)nc(C)c1C. The Morgan fingerprint density at radius 2 is 1.83 bits per heavy atom. The lowest BCUT2D eigenvalue weighted by Gasteiger charge is -2.13. The molecule has 0 aliphatic rings. The van der Waals surface area contributed by atoms with Gasteiger partial charge in [0.15, 0.2) is 5.16 Å². The number of nitrogens with zero attached hydrogens (tertiary/aromatic N) is 3. The molecule has 0 saturated heterocycles. The zero-order valence-electron chi connectivity index (χ0n) is 13.5. The van der Waals surface area contributed by atoms with Crippen LogP contribution in [0, 0.1) is 32.1 Å². The molecule has 1 N–H and O–H groups in total. The second-order valence-corrected chi connectivity index (χ2v) is 6.52. The van der Waals surface area contributed by atoms with Gasteiger partial charge in [-0.25, -0.2) is 9.97 Å². The van der Waals surface area contributed by atoms with Crippen molar-refractivity contribution in [2.75, 3.05) is 5.32 Å². The van der Waals surface area contributed by atoms with Gasteiger partial charge in [-0.3, -0.25) is 4.79 Å². The van der Waals surface area contributed by atoms with Crippen LogP contribution in [0.3, 0.4) is 0 Å². The molecule has 23 heavy (non-hydrogen) atoms. The number of carbonyl (C=O) groups excluding carboxylic acids is 1. The van der Waals surface area contributed by atoms with Gasteiger partial charge in [0.25, 0.3) is 0 Å². The lowest BCUT2D eigenvalue weighted by molar-refractivity contribution is -0.115. The average Bonchev–Trinajstić information content (AvgIpc) is 2.53. The maximum Gasteiger partial charge on any atom is 0.237 e. The Morgan fingerprint density at radius 3 is 2.43 bits per heavy atom. The van der Waals surface area contributed by atoms with Crippen LogP contribution in [-0.4, -0.2) is 21.1 Å². The van der Waals surface area contributed by atoms with Gasteiger partial charge in [0, 0.05) is 11.4 Å². The van der Waals surface area contributed by atoms with E-state index in [0.29, 0.717) is 16.4 Å². The molecule has 0 spiro atoms. The van der Waals surface area contributed by atoms with Crippen molar-refractivity contribution < 1.29 is 4.79 Å². The molecule has 1 aromatic heterocycles. The highest BCUT2D eigenvalue weighted by atomic mass is 32.2. The van der Waals surface area contributed by atoms with Crippen LogP contribution < -0.4 is 5.32 Å². The molecule has 0 radical (unpaired) electrons. The van der Waals surface area contributed by atoms with Crippen LogP contribution in [0.1, 0.15) is 29.4 Å². The largest absolute Gasteiger partial charge is 0.324 e. The molecule has 0 unspecified atom stereocenters. The first-order valence-electron chi connectivity index (χ1n) is 7.21. The van der Waals surface area contributed by atoms with Gasteiger partial charge in [0.1, 0.15) is 6.07 Å². The topological polar surface area (TPSA) is 78.7 Å². The van der Waals surface area contributed by atoms with E-state index in [-0.39, 0.29) is 11.2 Å². The number of amides is 1. The summed E-state index contributed by atoms with van der Waals surface area (Å²) in [6.45, 7) is 7.64. The second kappa shape index (κ2) is 7.25. The maximum absolute atomic E-state index is 12.3. The molecule has 2 rings (SSSR count). The molecule has 0 saturated carbocycles. The summed E-state index contributed by atoms with van der Waals surface area (Å²) in [6.07, 6.45) is 0. The number of anilines is 1. The molecular formula is C17H18N4OS. The molecule has 1 atom stereocenters. The highest BCUT2D eigenvalue weighted by molar-refractivity contribution is 8.00. The van der Waals surface area contributed by atoms with Crippen molar-refractivity contribution in [3.63, 3.8) is 0 Å². The summed E-state index contributed by atoms with van der Waals surface area (Å²) in [5.41, 5.74) is 3.86. The third-order valence-corrected chi connectivity index (χ3v) is 4.53. The van der Waals surface area contributed by atoms with Gasteiger partial charge in [-0.15, -0.1) is 0 Å². The number of hydrogen-bond acceptors (Lipinski definition) is 5. The van der Waals surface area contributed by atoms with Crippen LogP contribution in [0.25, 0.3) is 0 Å². The number of nitrogens with one attached hydrogen (secondary N) is 1. The molecule has 5 nitrogen and oxygen atoms in total. The average molecular weight is 326 g/mol. The summed E-state index contributed by atoms with van der Waals surface area (Å²) in [5.74, 6) is -0.183. The Bertz CT molecular complexity index is 759. The minimum Gasteiger partial charge on any atom is -0.324 e. The van der Waals surface area contributed by atoms with E-state index in [4.69, 9.17) is 5.26 Å². The van der Waals surface area contributed by atoms with Crippen molar-refractivity contribution in [1.82, 2.24) is 9.97 Å². The quantitative estimate of drug-likeness (QED) is 0.688. The molecule has 1 heterocycles. The van der Waals surface area contributed by atoms with E-state index in [1.54, 1.807) is 31.2 Å². The second-order valence-electron chi connectivity index (χ2n) is 5.21. The Kier molecular flexibility index (Phi) is 5.35. The third kappa shape index (κ3) is 4.08. The van der Waals surface area contributed by atoms with Crippen molar-refractivity contribution in [2.24, 2.45) is 0 Å². The first-order valence-corrected chi connectivity index (χ1v) is 8.09. The van der Waals surface area contributed by atoms with Crippen molar-refractivity contribution in [3.8, 4) is 6.07 Å². The maximum atomic E-state index is 12.3. The van der Waals surface area contributed by atoms with Gasteiger partial charge in [-0.05, 0) is 45.4 Å². The number of benzene rings is 1. The zero-order valence-corrected chi connectivity index (χ0v) is 14.4. The summed E-state index contributed by atoms with van der Waals surface area (Å²) in [4.78, 5) is 21.2. The van der Waals surface area contributed by atoms with Gasteiger partial charge in [-0.1, -0.05) is 23.9 Å². The van der Waals surface area contributed by atoms with E-state index in [9.17, 15) is 4.79 Å². The van der Waals surface area contributed by atoms with Crippen molar-refractivity contribution in [2.45, 2.75) is 38.1 Å². The van der Waals surface area contributed by atoms with Crippen LogP contribution in [0.5, 0.6) is 0 Å². The Morgan fingerprint density at radius 1 is 1.22 bits per heavy atom. The molecule has 1 aromatic carbocycles. The van der Waals surface area contributed by atoms with E-state index in [1.165, 1.54) is 11.8 Å². The summed E-state index contributed by atoms with van der Waals surface area (Å²) < 4.78 is 0. The molecule has 0 aliphatic carbocycles. The van der Waals surface area contributed by atoms with E-state index in [0.717, 1.165) is 17.0 Å². The van der Waals surface area contributed by atoms with Crippen molar-refractivity contribution >= 4 is 23.4 Å². The molecule has 0 fully saturated rings. The van der Waals surface area contributed by atoms with Gasteiger partial charge in [-0.2, -0.15) is 5.26 Å². The predicted molar refractivity (Wildman–Crippen MR) is 91.3 cm³/mol. The standard InChI is InChI=1S/C17H18N4OS/c1-10-11(2)19-17(20-12(10)3)23-13(4)16(22)21-15-8-6-5-7-14(15)9-18/h5-8,13H,1-4H3,(H,21,22)/t13-/m1/s1. The highest BCUT2D eigenvalue weighted by Crippen LogP contribution is 2.23. The fraction of sp³-hybridized carbons (Fsp3) is 0.294. The minimum absolute atomic E-state index is 0.183. The number of hydrogen-bond donors (Lipinski definition) is 1. The number of thioether (sulfide) groups is 1. The first-order chi connectivity index (χ1) is 10.9. The molecule has 0 aliphatic heterocycles. The zero-order chi connectivity index (χ0) is 17.0. The highest BCUT2D eigenvalue weighted by Gasteiger charge is 2.18. The van der Waals surface area contributed by atoms with E-state index in [1.807, 2.05) is 20.8 Å². The smallest absolute Gasteiger partial charge is 0.237 e. The molecular weight excluding hydrogens is 308 g/mol. The lowest BCUT2D eigenvalue weighted by atomic mass is 10.2. The Balaban J connectivity index is 2.10. The Labute approximate surface area is 140 Å². The van der Waals surface area contributed by atoms with Crippen molar-refractivity contribution in [3.05, 3.63) is 46.8 Å². The van der Waals surface area contributed by atoms with Crippen LogP contribution in [0.4, 0.5) is 5.69 Å². The van der Waals surface area contributed by atoms with E-state index in [2.05, 4.69) is 21.4 Å². The molecule has 6 heteroatoms. The first kappa shape index (κ1) is 17.0. The predicted octanol–water partition coefficient (Wildman–Crippen LogP) is 3.39. The number of carbonyl (C=O) groups is 1. The normalized spacial score (nSPS) is 11.6. The van der Waals surface area contributed by atoms with E-state index >= 15 is 0 Å². The minimum atomic E-state index is -0.372. The van der Waals surface area contributed by atoms with Gasteiger partial charge >= 0.3 is 0 Å². The number of nitriles is 1. The van der Waals surface area contributed by atoms with Crippen molar-refractivity contribution in [1.29, 1.82) is 5.26 Å². The Hall–Kier alpha value is -2.39. The molecule has 118 valence electrons. The van der Waals surface area contributed by atoms with Gasteiger partial charge in [0.2, 0.25) is 5.91 Å². The molecule has 1 amide bonds. The summed E-state index contributed by atoms with van der Waals surface area (Å²) in [7, 11) is 0. The fourth-order valence-electron chi connectivity index (χ4n) is 1.93. The van der Waals surface area contributed by atoms with Crippen LogP contribution in [0.15, 0.2) is 29.4 Å². The summed E-state index contributed by atoms with van der Waals surface area (Å²) in [6, 6.07) is 8.99. The van der Waals surface area contributed by atoms with Crippen LogP contribution in [0.2, 0.25) is 0 Å².